The first kappa shape index (κ1) is 15.2. The molecular formula is C18H21N3O3. The van der Waals surface area contributed by atoms with E-state index in [-0.39, 0.29) is 17.7 Å². The number of carbonyl (C=O) groups is 2. The Morgan fingerprint density at radius 3 is 2.75 bits per heavy atom. The van der Waals surface area contributed by atoms with Gasteiger partial charge < -0.3 is 14.2 Å². The molecule has 2 aliphatic rings. The van der Waals surface area contributed by atoms with Crippen LogP contribution >= 0.6 is 0 Å². The monoisotopic (exact) mass is 327 g/mol. The number of benzene rings is 1. The summed E-state index contributed by atoms with van der Waals surface area (Å²) in [6.45, 7) is 2.77. The molecule has 24 heavy (non-hydrogen) atoms. The van der Waals surface area contributed by atoms with Crippen LogP contribution in [0.4, 0.5) is 0 Å². The Morgan fingerprint density at radius 1 is 1.12 bits per heavy atom. The van der Waals surface area contributed by atoms with Gasteiger partial charge in [0.15, 0.2) is 12.0 Å². The molecule has 1 saturated carbocycles. The minimum atomic E-state index is 0.106. The average molecular weight is 327 g/mol. The van der Waals surface area contributed by atoms with Crippen LogP contribution in [0.25, 0.3) is 11.1 Å². The first-order chi connectivity index (χ1) is 11.7. The highest BCUT2D eigenvalue weighted by atomic mass is 16.3. The van der Waals surface area contributed by atoms with Gasteiger partial charge in [0.25, 0.3) is 0 Å². The molecule has 0 bridgehead atoms. The minimum Gasteiger partial charge on any atom is -0.443 e. The third-order valence-electron chi connectivity index (χ3n) is 4.84. The molecule has 2 heterocycles. The maximum Gasteiger partial charge on any atom is 0.227 e. The van der Waals surface area contributed by atoms with Crippen molar-refractivity contribution < 1.29 is 14.0 Å². The zero-order chi connectivity index (χ0) is 16.5. The van der Waals surface area contributed by atoms with E-state index in [1.165, 1.54) is 6.39 Å². The smallest absolute Gasteiger partial charge is 0.227 e. The number of oxazole rings is 1. The molecule has 0 spiro atoms. The van der Waals surface area contributed by atoms with Crippen molar-refractivity contribution >= 4 is 22.9 Å². The van der Waals surface area contributed by atoms with E-state index in [2.05, 4.69) is 4.98 Å². The van der Waals surface area contributed by atoms with E-state index in [0.29, 0.717) is 25.1 Å². The SMILES string of the molecule is O=C(Cc1ccc2ncoc2c1)N1CCCN(C(=O)C2CC2)CC1. The van der Waals surface area contributed by atoms with Crippen LogP contribution in [0.5, 0.6) is 0 Å². The number of carbonyl (C=O) groups excluding carboxylic acids is 2. The molecule has 2 amide bonds. The van der Waals surface area contributed by atoms with Crippen molar-refractivity contribution in [1.29, 1.82) is 0 Å². The van der Waals surface area contributed by atoms with Gasteiger partial charge in [-0.1, -0.05) is 6.07 Å². The zero-order valence-corrected chi connectivity index (χ0v) is 13.6. The van der Waals surface area contributed by atoms with Crippen molar-refractivity contribution in [2.24, 2.45) is 5.92 Å². The van der Waals surface area contributed by atoms with Gasteiger partial charge >= 0.3 is 0 Å². The van der Waals surface area contributed by atoms with E-state index in [9.17, 15) is 9.59 Å². The van der Waals surface area contributed by atoms with E-state index < -0.39 is 0 Å². The molecule has 2 aromatic rings. The summed E-state index contributed by atoms with van der Waals surface area (Å²) in [6, 6.07) is 5.67. The Kier molecular flexibility index (Phi) is 3.96. The normalized spacial score (nSPS) is 18.7. The number of nitrogens with zero attached hydrogens (tertiary/aromatic N) is 3. The molecule has 0 unspecified atom stereocenters. The van der Waals surface area contributed by atoms with Crippen LogP contribution in [0.2, 0.25) is 0 Å². The van der Waals surface area contributed by atoms with Crippen LogP contribution in [0.1, 0.15) is 24.8 Å². The quantitative estimate of drug-likeness (QED) is 0.863. The lowest BCUT2D eigenvalue weighted by molar-refractivity contribution is -0.134. The fourth-order valence-electron chi connectivity index (χ4n) is 3.27. The Bertz CT molecular complexity index is 766. The maximum atomic E-state index is 12.6. The van der Waals surface area contributed by atoms with Gasteiger partial charge in [0.2, 0.25) is 11.8 Å². The van der Waals surface area contributed by atoms with E-state index in [1.807, 2.05) is 28.0 Å². The number of rotatable bonds is 3. The standard InChI is InChI=1S/C18H21N3O3/c22-17(11-13-2-5-15-16(10-13)24-12-19-15)20-6-1-7-21(9-8-20)18(23)14-3-4-14/h2,5,10,12,14H,1,3-4,6-9,11H2. The fraction of sp³-hybridized carbons (Fsp3) is 0.500. The van der Waals surface area contributed by atoms with Crippen molar-refractivity contribution in [3.05, 3.63) is 30.2 Å². The summed E-state index contributed by atoms with van der Waals surface area (Å²) in [7, 11) is 0. The van der Waals surface area contributed by atoms with Crippen molar-refractivity contribution in [2.75, 3.05) is 26.2 Å². The number of hydrogen-bond acceptors (Lipinski definition) is 4. The van der Waals surface area contributed by atoms with Crippen LogP contribution in [0.15, 0.2) is 29.0 Å². The fourth-order valence-corrected chi connectivity index (χ4v) is 3.27. The summed E-state index contributed by atoms with van der Waals surface area (Å²) >= 11 is 0. The average Bonchev–Trinajstić information content (AvgIpc) is 3.37. The van der Waals surface area contributed by atoms with Gasteiger partial charge in [-0.15, -0.1) is 0 Å². The predicted molar refractivity (Wildman–Crippen MR) is 88.2 cm³/mol. The topological polar surface area (TPSA) is 66.7 Å². The molecule has 0 N–H and O–H groups in total. The molecule has 4 rings (SSSR count). The minimum absolute atomic E-state index is 0.106. The lowest BCUT2D eigenvalue weighted by Crippen LogP contribution is -2.38. The predicted octanol–water partition coefficient (Wildman–Crippen LogP) is 1.84. The summed E-state index contributed by atoms with van der Waals surface area (Å²) in [6.07, 6.45) is 4.68. The maximum absolute atomic E-state index is 12.6. The summed E-state index contributed by atoms with van der Waals surface area (Å²) in [5.74, 6) is 0.635. The summed E-state index contributed by atoms with van der Waals surface area (Å²) < 4.78 is 5.29. The third kappa shape index (κ3) is 3.13. The molecule has 1 aromatic heterocycles. The van der Waals surface area contributed by atoms with Gasteiger partial charge in [-0.05, 0) is 37.0 Å². The van der Waals surface area contributed by atoms with Gasteiger partial charge in [-0.3, -0.25) is 9.59 Å². The second-order valence-electron chi connectivity index (χ2n) is 6.67. The molecule has 1 aromatic carbocycles. The molecule has 1 aliphatic heterocycles. The second-order valence-corrected chi connectivity index (χ2v) is 6.67. The van der Waals surface area contributed by atoms with Crippen LogP contribution in [0, 0.1) is 5.92 Å². The largest absolute Gasteiger partial charge is 0.443 e. The molecule has 6 heteroatoms. The summed E-state index contributed by atoms with van der Waals surface area (Å²) in [5, 5.41) is 0. The third-order valence-corrected chi connectivity index (χ3v) is 4.84. The van der Waals surface area contributed by atoms with Crippen molar-refractivity contribution in [3.8, 4) is 0 Å². The highest BCUT2D eigenvalue weighted by molar-refractivity contribution is 5.82. The summed E-state index contributed by atoms with van der Waals surface area (Å²) in [5.41, 5.74) is 2.44. The number of amides is 2. The molecule has 6 nitrogen and oxygen atoms in total. The molecule has 0 radical (unpaired) electrons. The van der Waals surface area contributed by atoms with Crippen molar-refractivity contribution in [3.63, 3.8) is 0 Å². The lowest BCUT2D eigenvalue weighted by atomic mass is 10.1. The molecule has 1 saturated heterocycles. The Labute approximate surface area is 140 Å². The Hall–Kier alpha value is -2.37. The lowest BCUT2D eigenvalue weighted by Gasteiger charge is -2.22. The van der Waals surface area contributed by atoms with E-state index in [0.717, 1.165) is 43.4 Å². The van der Waals surface area contributed by atoms with Crippen molar-refractivity contribution in [1.82, 2.24) is 14.8 Å². The number of fused-ring (bicyclic) bond motifs is 1. The second kappa shape index (κ2) is 6.26. The van der Waals surface area contributed by atoms with Gasteiger partial charge in [-0.25, -0.2) is 4.98 Å². The molecule has 0 atom stereocenters. The van der Waals surface area contributed by atoms with Crippen LogP contribution in [-0.4, -0.2) is 52.8 Å². The highest BCUT2D eigenvalue weighted by Gasteiger charge is 2.34. The van der Waals surface area contributed by atoms with E-state index in [4.69, 9.17) is 4.42 Å². The van der Waals surface area contributed by atoms with Gasteiger partial charge in [0.1, 0.15) is 5.52 Å². The number of aromatic nitrogens is 1. The Morgan fingerprint density at radius 2 is 1.92 bits per heavy atom. The van der Waals surface area contributed by atoms with Gasteiger partial charge in [0, 0.05) is 32.1 Å². The first-order valence-corrected chi connectivity index (χ1v) is 8.59. The Balaban J connectivity index is 1.37. The molecular weight excluding hydrogens is 306 g/mol. The van der Waals surface area contributed by atoms with Gasteiger partial charge in [-0.2, -0.15) is 0 Å². The van der Waals surface area contributed by atoms with Gasteiger partial charge in [0.05, 0.1) is 6.42 Å². The van der Waals surface area contributed by atoms with Crippen LogP contribution < -0.4 is 0 Å². The van der Waals surface area contributed by atoms with Crippen molar-refractivity contribution in [2.45, 2.75) is 25.7 Å². The molecule has 126 valence electrons. The molecule has 2 fully saturated rings. The van der Waals surface area contributed by atoms with E-state index >= 15 is 0 Å². The van der Waals surface area contributed by atoms with Crippen LogP contribution in [0.3, 0.4) is 0 Å². The van der Waals surface area contributed by atoms with E-state index in [1.54, 1.807) is 0 Å². The highest BCUT2D eigenvalue weighted by Crippen LogP contribution is 2.31. The first-order valence-electron chi connectivity index (χ1n) is 8.59. The molecule has 1 aliphatic carbocycles. The van der Waals surface area contributed by atoms with Crippen LogP contribution in [-0.2, 0) is 16.0 Å². The zero-order valence-electron chi connectivity index (χ0n) is 13.6. The number of hydrogen-bond donors (Lipinski definition) is 0. The summed E-state index contributed by atoms with van der Waals surface area (Å²) in [4.78, 5) is 32.7.